The Balaban J connectivity index is 2.45. The van der Waals surface area contributed by atoms with Gasteiger partial charge in [0.05, 0.1) is 16.9 Å². The predicted octanol–water partition coefficient (Wildman–Crippen LogP) is 3.32. The number of nitrogens with zero attached hydrogens (tertiary/aromatic N) is 3. The number of rotatable bonds is 2. The first kappa shape index (κ1) is 14.7. The molecule has 23 heavy (non-hydrogen) atoms. The molecule has 1 heterocycles. The van der Waals surface area contributed by atoms with Crippen LogP contribution in [0.3, 0.4) is 0 Å². The van der Waals surface area contributed by atoms with Gasteiger partial charge >= 0.3 is 0 Å². The van der Waals surface area contributed by atoms with E-state index in [-0.39, 0.29) is 11.4 Å². The zero-order valence-corrected chi connectivity index (χ0v) is 12.9. The Morgan fingerprint density at radius 1 is 1.17 bits per heavy atom. The van der Waals surface area contributed by atoms with Crippen molar-refractivity contribution in [1.82, 2.24) is 9.78 Å². The van der Waals surface area contributed by atoms with Crippen molar-refractivity contribution >= 4 is 5.69 Å². The van der Waals surface area contributed by atoms with Crippen molar-refractivity contribution in [3.63, 3.8) is 0 Å². The molecular formula is C18H16N4O. The van der Waals surface area contributed by atoms with Gasteiger partial charge in [0.25, 0.3) is 0 Å². The summed E-state index contributed by atoms with van der Waals surface area (Å²) < 4.78 is 1.65. The average molecular weight is 304 g/mol. The number of nitrogens with two attached hydrogens (primary N) is 1. The Bertz CT molecular complexity index is 920. The second-order valence-corrected chi connectivity index (χ2v) is 5.40. The molecular weight excluding hydrogens is 288 g/mol. The van der Waals surface area contributed by atoms with Gasteiger partial charge in [0.2, 0.25) is 0 Å². The summed E-state index contributed by atoms with van der Waals surface area (Å²) >= 11 is 0. The standard InChI is InChI=1S/C18H16N4O/c1-11-8-12(2)22(21-11)18-16(23)9-15(20)14(10-19)17(18)13-6-4-3-5-7-13/h3-9,23H,20H2,1-2H3. The van der Waals surface area contributed by atoms with Crippen molar-refractivity contribution in [2.45, 2.75) is 13.8 Å². The van der Waals surface area contributed by atoms with Crippen molar-refractivity contribution in [2.75, 3.05) is 5.73 Å². The summed E-state index contributed by atoms with van der Waals surface area (Å²) in [4.78, 5) is 0. The van der Waals surface area contributed by atoms with E-state index in [0.29, 0.717) is 16.8 Å². The van der Waals surface area contributed by atoms with Crippen molar-refractivity contribution in [2.24, 2.45) is 0 Å². The Kier molecular flexibility index (Phi) is 3.51. The molecule has 0 aliphatic carbocycles. The van der Waals surface area contributed by atoms with Gasteiger partial charge in [0, 0.05) is 17.3 Å². The molecule has 3 N–H and O–H groups in total. The van der Waals surface area contributed by atoms with Crippen LogP contribution in [0, 0.1) is 25.2 Å². The van der Waals surface area contributed by atoms with E-state index in [4.69, 9.17) is 5.73 Å². The molecule has 2 aromatic carbocycles. The van der Waals surface area contributed by atoms with E-state index in [9.17, 15) is 10.4 Å². The third-order valence-corrected chi connectivity index (χ3v) is 3.71. The smallest absolute Gasteiger partial charge is 0.144 e. The van der Waals surface area contributed by atoms with Gasteiger partial charge < -0.3 is 10.8 Å². The monoisotopic (exact) mass is 304 g/mol. The van der Waals surface area contributed by atoms with Gasteiger partial charge in [-0.1, -0.05) is 30.3 Å². The van der Waals surface area contributed by atoms with Gasteiger partial charge in [0.15, 0.2) is 0 Å². The van der Waals surface area contributed by atoms with Crippen LogP contribution in [-0.2, 0) is 0 Å². The summed E-state index contributed by atoms with van der Waals surface area (Å²) in [5, 5.41) is 24.5. The summed E-state index contributed by atoms with van der Waals surface area (Å²) in [5.74, 6) is -0.00782. The van der Waals surface area contributed by atoms with Gasteiger partial charge in [-0.15, -0.1) is 0 Å². The van der Waals surface area contributed by atoms with Crippen LogP contribution in [0.15, 0.2) is 42.5 Å². The number of anilines is 1. The van der Waals surface area contributed by atoms with E-state index in [0.717, 1.165) is 17.0 Å². The third-order valence-electron chi connectivity index (χ3n) is 3.71. The fourth-order valence-electron chi connectivity index (χ4n) is 2.75. The molecule has 0 atom stereocenters. The van der Waals surface area contributed by atoms with Crippen molar-refractivity contribution < 1.29 is 5.11 Å². The van der Waals surface area contributed by atoms with Gasteiger partial charge in [-0.25, -0.2) is 4.68 Å². The average Bonchev–Trinajstić information content (AvgIpc) is 2.85. The maximum atomic E-state index is 10.5. The Labute approximate surface area is 134 Å². The largest absolute Gasteiger partial charge is 0.506 e. The topological polar surface area (TPSA) is 87.9 Å². The van der Waals surface area contributed by atoms with Crippen LogP contribution in [-0.4, -0.2) is 14.9 Å². The highest BCUT2D eigenvalue weighted by atomic mass is 16.3. The quantitative estimate of drug-likeness (QED) is 0.711. The molecule has 0 radical (unpaired) electrons. The summed E-state index contributed by atoms with van der Waals surface area (Å²) in [6.45, 7) is 3.78. The van der Waals surface area contributed by atoms with Crippen LogP contribution in [0.4, 0.5) is 5.69 Å². The number of aryl methyl sites for hydroxylation is 2. The molecule has 5 nitrogen and oxygen atoms in total. The third kappa shape index (κ3) is 2.40. The maximum Gasteiger partial charge on any atom is 0.144 e. The highest BCUT2D eigenvalue weighted by molar-refractivity contribution is 5.87. The number of phenols is 1. The first-order chi connectivity index (χ1) is 11.0. The van der Waals surface area contributed by atoms with E-state index in [1.54, 1.807) is 4.68 Å². The molecule has 0 fully saturated rings. The van der Waals surface area contributed by atoms with Crippen LogP contribution >= 0.6 is 0 Å². The number of phenolic OH excluding ortho intramolecular Hbond substituents is 1. The normalized spacial score (nSPS) is 10.5. The molecule has 0 unspecified atom stereocenters. The van der Waals surface area contributed by atoms with Gasteiger partial charge in [0.1, 0.15) is 17.5 Å². The lowest BCUT2D eigenvalue weighted by atomic mass is 9.96. The molecule has 0 aliphatic rings. The zero-order chi connectivity index (χ0) is 16.6. The molecule has 1 aromatic heterocycles. The molecule has 0 amide bonds. The minimum Gasteiger partial charge on any atom is -0.506 e. The van der Waals surface area contributed by atoms with Crippen molar-refractivity contribution in [1.29, 1.82) is 5.26 Å². The minimum absolute atomic E-state index is 0.00782. The molecule has 5 heteroatoms. The van der Waals surface area contributed by atoms with Crippen molar-refractivity contribution in [3.05, 3.63) is 59.4 Å². The van der Waals surface area contributed by atoms with Crippen LogP contribution in [0.1, 0.15) is 17.0 Å². The lowest BCUT2D eigenvalue weighted by molar-refractivity contribution is 0.470. The SMILES string of the molecule is Cc1cc(C)n(-c2c(O)cc(N)c(C#N)c2-c2ccccc2)n1. The molecule has 0 saturated carbocycles. The second-order valence-electron chi connectivity index (χ2n) is 5.40. The lowest BCUT2D eigenvalue weighted by Crippen LogP contribution is -2.06. The number of nitriles is 1. The van der Waals surface area contributed by atoms with Crippen molar-refractivity contribution in [3.8, 4) is 28.6 Å². The Hall–Kier alpha value is -3.26. The van der Waals surface area contributed by atoms with E-state index in [1.807, 2.05) is 50.2 Å². The summed E-state index contributed by atoms with van der Waals surface area (Å²) in [6.07, 6.45) is 0. The fraction of sp³-hybridized carbons (Fsp3) is 0.111. The van der Waals surface area contributed by atoms with E-state index in [2.05, 4.69) is 11.2 Å². The number of benzene rings is 2. The summed E-state index contributed by atoms with van der Waals surface area (Å²) in [5.41, 5.74) is 10.1. The van der Waals surface area contributed by atoms with Crippen LogP contribution in [0.5, 0.6) is 5.75 Å². The van der Waals surface area contributed by atoms with Crippen LogP contribution in [0.2, 0.25) is 0 Å². The van der Waals surface area contributed by atoms with Gasteiger partial charge in [-0.3, -0.25) is 0 Å². The molecule has 0 bridgehead atoms. The predicted molar refractivity (Wildman–Crippen MR) is 89.3 cm³/mol. The van der Waals surface area contributed by atoms with E-state index < -0.39 is 0 Å². The number of aromatic nitrogens is 2. The van der Waals surface area contributed by atoms with Gasteiger partial charge in [-0.2, -0.15) is 10.4 Å². The molecule has 114 valence electrons. The molecule has 0 saturated heterocycles. The summed E-state index contributed by atoms with van der Waals surface area (Å²) in [6, 6.07) is 14.9. The summed E-state index contributed by atoms with van der Waals surface area (Å²) in [7, 11) is 0. The Morgan fingerprint density at radius 2 is 1.87 bits per heavy atom. The van der Waals surface area contributed by atoms with E-state index >= 15 is 0 Å². The molecule has 0 aliphatic heterocycles. The lowest BCUT2D eigenvalue weighted by Gasteiger charge is -2.16. The molecule has 3 rings (SSSR count). The highest BCUT2D eigenvalue weighted by Crippen LogP contribution is 2.39. The van der Waals surface area contributed by atoms with Crippen LogP contribution in [0.25, 0.3) is 16.8 Å². The molecule has 0 spiro atoms. The number of hydrogen-bond acceptors (Lipinski definition) is 4. The Morgan fingerprint density at radius 3 is 2.43 bits per heavy atom. The van der Waals surface area contributed by atoms with Crippen LogP contribution < -0.4 is 5.73 Å². The highest BCUT2D eigenvalue weighted by Gasteiger charge is 2.21. The maximum absolute atomic E-state index is 10.5. The van der Waals surface area contributed by atoms with Gasteiger partial charge in [-0.05, 0) is 25.5 Å². The second kappa shape index (κ2) is 5.50. The molecule has 3 aromatic rings. The minimum atomic E-state index is -0.00782. The number of aromatic hydroxyl groups is 1. The first-order valence-corrected chi connectivity index (χ1v) is 7.17. The number of nitrogen functional groups attached to an aromatic ring is 1. The first-order valence-electron chi connectivity index (χ1n) is 7.17. The number of hydrogen-bond donors (Lipinski definition) is 2. The fourth-order valence-corrected chi connectivity index (χ4v) is 2.75. The zero-order valence-electron chi connectivity index (χ0n) is 12.9. The van der Waals surface area contributed by atoms with E-state index in [1.165, 1.54) is 6.07 Å².